The highest BCUT2D eigenvalue weighted by Crippen LogP contribution is 2.22. The monoisotopic (exact) mass is 346 g/mol. The van der Waals surface area contributed by atoms with Crippen molar-refractivity contribution in [2.24, 2.45) is 0 Å². The number of hydrogen-bond acceptors (Lipinski definition) is 6. The molecule has 1 aliphatic rings. The first kappa shape index (κ1) is 21.3. The van der Waals surface area contributed by atoms with E-state index < -0.39 is 30.6 Å². The summed E-state index contributed by atoms with van der Waals surface area (Å²) in [5.74, 6) is -0.257. The summed E-state index contributed by atoms with van der Waals surface area (Å²) in [6, 6.07) is -1.00. The third kappa shape index (κ3) is 7.03. The van der Waals surface area contributed by atoms with E-state index in [0.717, 1.165) is 25.8 Å². The zero-order valence-corrected chi connectivity index (χ0v) is 15.3. The van der Waals surface area contributed by atoms with Crippen molar-refractivity contribution in [3.63, 3.8) is 0 Å². The number of nitrogens with one attached hydrogen (secondary N) is 2. The van der Waals surface area contributed by atoms with Gasteiger partial charge in [0.15, 0.2) is 6.29 Å². The summed E-state index contributed by atoms with van der Waals surface area (Å²) in [6.07, 6.45) is -0.866. The average Bonchev–Trinajstić information content (AvgIpc) is 2.49. The third-order valence-electron chi connectivity index (χ3n) is 4.19. The average molecular weight is 346 g/mol. The van der Waals surface area contributed by atoms with Crippen molar-refractivity contribution in [3.8, 4) is 0 Å². The minimum absolute atomic E-state index is 0.0990. The molecular weight excluding hydrogens is 312 g/mol. The van der Waals surface area contributed by atoms with E-state index in [4.69, 9.17) is 4.74 Å². The molecule has 7 nitrogen and oxygen atoms in total. The van der Waals surface area contributed by atoms with E-state index in [1.54, 1.807) is 6.92 Å². The Kier molecular flexibility index (Phi) is 8.59. The molecule has 5 atom stereocenters. The second-order valence-corrected chi connectivity index (χ2v) is 7.54. The molecule has 0 aromatic heterocycles. The third-order valence-corrected chi connectivity index (χ3v) is 4.19. The molecule has 0 spiro atoms. The van der Waals surface area contributed by atoms with Gasteiger partial charge < -0.3 is 30.7 Å². The highest BCUT2D eigenvalue weighted by Gasteiger charge is 2.43. The zero-order valence-electron chi connectivity index (χ0n) is 15.3. The zero-order chi connectivity index (χ0) is 18.3. The van der Waals surface area contributed by atoms with Crippen LogP contribution in [-0.2, 0) is 9.53 Å². The van der Waals surface area contributed by atoms with Gasteiger partial charge in [-0.1, -0.05) is 13.3 Å². The fourth-order valence-electron chi connectivity index (χ4n) is 2.75. The molecule has 0 bridgehead atoms. The van der Waals surface area contributed by atoms with Gasteiger partial charge in [-0.2, -0.15) is 0 Å². The summed E-state index contributed by atoms with van der Waals surface area (Å²) in [6.45, 7) is 9.03. The van der Waals surface area contributed by atoms with Crippen LogP contribution in [0.5, 0.6) is 0 Å². The number of carbonyl (C=O) groups is 1. The van der Waals surface area contributed by atoms with Crippen molar-refractivity contribution in [1.29, 1.82) is 0 Å². The molecule has 5 N–H and O–H groups in total. The lowest BCUT2D eigenvalue weighted by atomic mass is 9.95. The number of unbranched alkanes of at least 4 members (excludes halogenated alkanes) is 2. The number of hydrogen-bond donors (Lipinski definition) is 5. The second-order valence-electron chi connectivity index (χ2n) is 7.54. The van der Waals surface area contributed by atoms with Gasteiger partial charge in [-0.15, -0.1) is 0 Å². The first-order valence-electron chi connectivity index (χ1n) is 8.89. The molecule has 0 radical (unpaired) electrons. The molecule has 1 amide bonds. The lowest BCUT2D eigenvalue weighted by molar-refractivity contribution is -0.247. The van der Waals surface area contributed by atoms with Gasteiger partial charge in [-0.25, -0.2) is 0 Å². The SMILES string of the molecule is CC[C@@H]1O[C@@H](O)[C@@H](NC(=O)CCCCCNC(C)(C)C)[C@H](O)[C@H]1O. The number of amides is 1. The van der Waals surface area contributed by atoms with Crippen LogP contribution < -0.4 is 10.6 Å². The fraction of sp³-hybridized carbons (Fsp3) is 0.941. The van der Waals surface area contributed by atoms with Gasteiger partial charge in [0.2, 0.25) is 5.91 Å². The first-order chi connectivity index (χ1) is 11.2. The molecule has 1 saturated heterocycles. The van der Waals surface area contributed by atoms with Crippen LogP contribution in [-0.4, -0.2) is 64.0 Å². The molecule has 142 valence electrons. The molecule has 0 unspecified atom stereocenters. The van der Waals surface area contributed by atoms with Gasteiger partial charge in [0, 0.05) is 12.0 Å². The Balaban J connectivity index is 2.27. The van der Waals surface area contributed by atoms with Gasteiger partial charge in [0.05, 0.1) is 6.10 Å². The predicted molar refractivity (Wildman–Crippen MR) is 91.3 cm³/mol. The Morgan fingerprint density at radius 3 is 2.33 bits per heavy atom. The Bertz CT molecular complexity index is 386. The van der Waals surface area contributed by atoms with Crippen molar-refractivity contribution in [1.82, 2.24) is 10.6 Å². The van der Waals surface area contributed by atoms with E-state index in [1.807, 2.05) is 0 Å². The smallest absolute Gasteiger partial charge is 0.220 e. The number of aliphatic hydroxyl groups is 3. The predicted octanol–water partition coefficient (Wildman–Crippen LogP) is 0.269. The van der Waals surface area contributed by atoms with Gasteiger partial charge in [-0.05, 0) is 46.6 Å². The Morgan fingerprint density at radius 2 is 1.75 bits per heavy atom. The Morgan fingerprint density at radius 1 is 1.08 bits per heavy atom. The minimum atomic E-state index is -1.31. The van der Waals surface area contributed by atoms with Crippen LogP contribution in [0.2, 0.25) is 0 Å². The highest BCUT2D eigenvalue weighted by molar-refractivity contribution is 5.76. The molecule has 24 heavy (non-hydrogen) atoms. The number of rotatable bonds is 8. The topological polar surface area (TPSA) is 111 Å². The largest absolute Gasteiger partial charge is 0.388 e. The lowest BCUT2D eigenvalue weighted by Gasteiger charge is -2.40. The normalized spacial score (nSPS) is 31.0. The van der Waals surface area contributed by atoms with Gasteiger partial charge in [-0.3, -0.25) is 4.79 Å². The van der Waals surface area contributed by atoms with Crippen LogP contribution >= 0.6 is 0 Å². The summed E-state index contributed by atoms with van der Waals surface area (Å²) >= 11 is 0. The van der Waals surface area contributed by atoms with Crippen molar-refractivity contribution in [2.45, 2.75) is 96.0 Å². The minimum Gasteiger partial charge on any atom is -0.388 e. The summed E-state index contributed by atoms with van der Waals surface area (Å²) < 4.78 is 5.24. The molecule has 0 aromatic carbocycles. The van der Waals surface area contributed by atoms with Gasteiger partial charge >= 0.3 is 0 Å². The van der Waals surface area contributed by atoms with E-state index in [9.17, 15) is 20.1 Å². The maximum absolute atomic E-state index is 12.0. The van der Waals surface area contributed by atoms with Crippen molar-refractivity contribution < 1.29 is 24.9 Å². The maximum atomic E-state index is 12.0. The van der Waals surface area contributed by atoms with Crippen LogP contribution in [0.3, 0.4) is 0 Å². The summed E-state index contributed by atoms with van der Waals surface area (Å²) in [5.41, 5.74) is 0.0990. The Labute approximate surface area is 144 Å². The number of ether oxygens (including phenoxy) is 1. The van der Waals surface area contributed by atoms with Gasteiger partial charge in [0.1, 0.15) is 18.2 Å². The lowest BCUT2D eigenvalue weighted by Crippen LogP contribution is -2.63. The molecule has 1 heterocycles. The molecule has 0 aliphatic carbocycles. The van der Waals surface area contributed by atoms with Crippen molar-refractivity contribution in [3.05, 3.63) is 0 Å². The fourth-order valence-corrected chi connectivity index (χ4v) is 2.75. The molecule has 7 heteroatoms. The van der Waals surface area contributed by atoms with Crippen LogP contribution in [0, 0.1) is 0 Å². The quantitative estimate of drug-likeness (QED) is 0.404. The van der Waals surface area contributed by atoms with Crippen LogP contribution in [0.25, 0.3) is 0 Å². The van der Waals surface area contributed by atoms with Gasteiger partial charge in [0.25, 0.3) is 0 Å². The highest BCUT2D eigenvalue weighted by atomic mass is 16.6. The summed E-state index contributed by atoms with van der Waals surface area (Å²) in [4.78, 5) is 12.0. The van der Waals surface area contributed by atoms with Crippen LogP contribution in [0.4, 0.5) is 0 Å². The maximum Gasteiger partial charge on any atom is 0.220 e. The van der Waals surface area contributed by atoms with Crippen molar-refractivity contribution >= 4 is 5.91 Å². The number of aliphatic hydroxyl groups excluding tert-OH is 3. The summed E-state index contributed by atoms with van der Waals surface area (Å²) in [5, 5.41) is 35.9. The second kappa shape index (κ2) is 9.68. The van der Waals surface area contributed by atoms with E-state index in [-0.39, 0.29) is 11.4 Å². The van der Waals surface area contributed by atoms with E-state index in [0.29, 0.717) is 12.8 Å². The molecule has 1 rings (SSSR count). The van der Waals surface area contributed by atoms with E-state index in [1.165, 1.54) is 0 Å². The Hall–Kier alpha value is -0.730. The molecular formula is C17H34N2O5. The van der Waals surface area contributed by atoms with Crippen LogP contribution in [0.1, 0.15) is 59.8 Å². The van der Waals surface area contributed by atoms with Crippen LogP contribution in [0.15, 0.2) is 0 Å². The standard InChI is InChI=1S/C17H34N2O5/c1-5-11-14(21)15(22)13(16(23)24-11)19-12(20)9-7-6-8-10-18-17(2,3)4/h11,13-16,18,21-23H,5-10H2,1-4H3,(H,19,20)/t11-,13-,14-,15-,16+/m0/s1. The van der Waals surface area contributed by atoms with E-state index in [2.05, 4.69) is 31.4 Å². The number of carbonyl (C=O) groups excluding carboxylic acids is 1. The molecule has 0 aromatic rings. The first-order valence-corrected chi connectivity index (χ1v) is 8.89. The molecule has 1 aliphatic heterocycles. The summed E-state index contributed by atoms with van der Waals surface area (Å²) in [7, 11) is 0. The molecule has 0 saturated carbocycles. The van der Waals surface area contributed by atoms with Crippen molar-refractivity contribution in [2.75, 3.05) is 6.54 Å². The molecule has 1 fully saturated rings. The van der Waals surface area contributed by atoms with E-state index >= 15 is 0 Å².